The normalized spacial score (nSPS) is 17.4. The van der Waals surface area contributed by atoms with Crippen molar-refractivity contribution in [1.82, 2.24) is 20.1 Å². The van der Waals surface area contributed by atoms with E-state index in [2.05, 4.69) is 22.4 Å². The van der Waals surface area contributed by atoms with Gasteiger partial charge in [0.2, 0.25) is 5.91 Å². The van der Waals surface area contributed by atoms with Crippen LogP contribution in [0.4, 0.5) is 4.39 Å². The van der Waals surface area contributed by atoms with Crippen LogP contribution >= 0.6 is 11.8 Å². The minimum absolute atomic E-state index is 0.00541. The van der Waals surface area contributed by atoms with Crippen LogP contribution in [0.25, 0.3) is 0 Å². The molecule has 0 radical (unpaired) electrons. The van der Waals surface area contributed by atoms with Crippen LogP contribution in [0, 0.1) is 5.82 Å². The third kappa shape index (κ3) is 7.19. The number of thioether (sulfide) groups is 1. The molecule has 1 aliphatic rings. The number of carbonyl (C=O) groups is 1. The molecule has 0 aliphatic carbocycles. The third-order valence-electron chi connectivity index (χ3n) is 5.15. The third-order valence-corrected chi connectivity index (χ3v) is 7.89. The van der Waals surface area contributed by atoms with Crippen LogP contribution < -0.4 is 10.1 Å². The van der Waals surface area contributed by atoms with E-state index in [1.165, 1.54) is 17.8 Å². The lowest BCUT2D eigenvalue weighted by Crippen LogP contribution is -2.36. The molecule has 1 amide bonds. The summed E-state index contributed by atoms with van der Waals surface area (Å²) >= 11 is 1.25. The maximum Gasteiger partial charge on any atom is 0.230 e. The SMILES string of the molecule is CCCCCCn1c(COc2ccccc2F)nnc1SCC(=O)N[C@H]1CCS(=O)(=O)C1. The highest BCUT2D eigenvalue weighted by molar-refractivity contribution is 7.99. The Bertz CT molecular complexity index is 1010. The van der Waals surface area contributed by atoms with Gasteiger partial charge in [0.05, 0.1) is 17.3 Å². The van der Waals surface area contributed by atoms with Gasteiger partial charge in [-0.3, -0.25) is 4.79 Å². The van der Waals surface area contributed by atoms with Crippen molar-refractivity contribution in [3.05, 3.63) is 35.9 Å². The number of amides is 1. The van der Waals surface area contributed by atoms with Crippen molar-refractivity contribution < 1.29 is 22.3 Å². The van der Waals surface area contributed by atoms with Gasteiger partial charge < -0.3 is 14.6 Å². The smallest absolute Gasteiger partial charge is 0.230 e. The summed E-state index contributed by atoms with van der Waals surface area (Å²) in [5.74, 6) is 0.251. The number of sulfone groups is 1. The average Bonchev–Trinajstić information content (AvgIpc) is 3.30. The fourth-order valence-corrected chi connectivity index (χ4v) is 5.93. The van der Waals surface area contributed by atoms with Crippen molar-refractivity contribution in [2.45, 2.75) is 63.4 Å². The number of hydrogen-bond acceptors (Lipinski definition) is 7. The zero-order chi connectivity index (χ0) is 23.0. The molecule has 3 rings (SSSR count). The molecule has 0 saturated carbocycles. The second-order valence-corrected chi connectivity index (χ2v) is 11.0. The molecule has 0 unspecified atom stereocenters. The lowest BCUT2D eigenvalue weighted by atomic mass is 10.2. The van der Waals surface area contributed by atoms with Gasteiger partial charge in [-0.2, -0.15) is 0 Å². The Hall–Kier alpha value is -2.14. The van der Waals surface area contributed by atoms with Gasteiger partial charge in [0.15, 0.2) is 32.4 Å². The van der Waals surface area contributed by atoms with Gasteiger partial charge in [0, 0.05) is 12.6 Å². The average molecular weight is 485 g/mol. The van der Waals surface area contributed by atoms with Crippen LogP contribution in [0.2, 0.25) is 0 Å². The number of hydrogen-bond donors (Lipinski definition) is 1. The Balaban J connectivity index is 1.60. The van der Waals surface area contributed by atoms with Gasteiger partial charge in [0.25, 0.3) is 0 Å². The largest absolute Gasteiger partial charge is 0.483 e. The standard InChI is InChI=1S/C21H29FN4O4S2/c1-2-3-4-7-11-26-19(13-30-18-9-6-5-8-17(18)22)24-25-21(26)31-14-20(27)23-16-10-12-32(28,29)15-16/h5-6,8-9,16H,2-4,7,10-15H2,1H3,(H,23,27)/t16-/m0/s1. The summed E-state index contributed by atoms with van der Waals surface area (Å²) in [5.41, 5.74) is 0. The van der Waals surface area contributed by atoms with Crippen molar-refractivity contribution in [2.75, 3.05) is 17.3 Å². The molecule has 1 aromatic heterocycles. The van der Waals surface area contributed by atoms with E-state index in [9.17, 15) is 17.6 Å². The molecular formula is C21H29FN4O4S2. The predicted molar refractivity (Wildman–Crippen MR) is 121 cm³/mol. The highest BCUT2D eigenvalue weighted by Gasteiger charge is 2.29. The molecule has 0 spiro atoms. The zero-order valence-electron chi connectivity index (χ0n) is 18.1. The number of unbranched alkanes of at least 4 members (excludes halogenated alkanes) is 3. The van der Waals surface area contributed by atoms with E-state index >= 15 is 0 Å². The Morgan fingerprint density at radius 3 is 2.81 bits per heavy atom. The van der Waals surface area contributed by atoms with E-state index in [-0.39, 0.29) is 41.6 Å². The van der Waals surface area contributed by atoms with Gasteiger partial charge >= 0.3 is 0 Å². The summed E-state index contributed by atoms with van der Waals surface area (Å²) < 4.78 is 44.5. The lowest BCUT2D eigenvalue weighted by Gasteiger charge is -2.12. The Kier molecular flexibility index (Phi) is 8.92. The van der Waals surface area contributed by atoms with Crippen molar-refractivity contribution in [3.63, 3.8) is 0 Å². The molecule has 1 N–H and O–H groups in total. The number of para-hydroxylation sites is 1. The molecule has 1 fully saturated rings. The minimum atomic E-state index is -3.05. The second-order valence-electron chi connectivity index (χ2n) is 7.79. The first-order chi connectivity index (χ1) is 15.4. The van der Waals surface area contributed by atoms with E-state index < -0.39 is 15.7 Å². The van der Waals surface area contributed by atoms with Crippen LogP contribution in [0.15, 0.2) is 29.4 Å². The molecule has 11 heteroatoms. The topological polar surface area (TPSA) is 103 Å². The molecule has 1 atom stereocenters. The number of nitrogens with one attached hydrogen (secondary N) is 1. The monoisotopic (exact) mass is 484 g/mol. The fourth-order valence-electron chi connectivity index (χ4n) is 3.47. The first-order valence-corrected chi connectivity index (χ1v) is 13.6. The summed E-state index contributed by atoms with van der Waals surface area (Å²) in [7, 11) is -3.05. The zero-order valence-corrected chi connectivity index (χ0v) is 19.8. The molecule has 1 saturated heterocycles. The van der Waals surface area contributed by atoms with Crippen LogP contribution in [0.3, 0.4) is 0 Å². The van der Waals surface area contributed by atoms with Crippen LogP contribution in [0.1, 0.15) is 44.9 Å². The molecule has 2 heterocycles. The number of ether oxygens (including phenoxy) is 1. The number of halogens is 1. The van der Waals surface area contributed by atoms with E-state index in [0.717, 1.165) is 25.7 Å². The first kappa shape index (κ1) is 24.5. The predicted octanol–water partition coefficient (Wildman–Crippen LogP) is 2.97. The molecule has 176 valence electrons. The summed E-state index contributed by atoms with van der Waals surface area (Å²) in [5, 5.41) is 11.8. The van der Waals surface area contributed by atoms with Crippen LogP contribution in [-0.2, 0) is 27.8 Å². The summed E-state index contributed by atoms with van der Waals surface area (Å²) in [4.78, 5) is 12.3. The van der Waals surface area contributed by atoms with Crippen LogP contribution in [0.5, 0.6) is 5.75 Å². The number of aromatic nitrogens is 3. The molecule has 8 nitrogen and oxygen atoms in total. The van der Waals surface area contributed by atoms with Gasteiger partial charge in [-0.1, -0.05) is 50.1 Å². The van der Waals surface area contributed by atoms with Crippen molar-refractivity contribution in [3.8, 4) is 5.75 Å². The maximum absolute atomic E-state index is 13.9. The van der Waals surface area contributed by atoms with Crippen molar-refractivity contribution in [1.29, 1.82) is 0 Å². The van der Waals surface area contributed by atoms with Crippen LogP contribution in [-0.4, -0.2) is 52.4 Å². The molecule has 32 heavy (non-hydrogen) atoms. The Morgan fingerprint density at radius 1 is 1.28 bits per heavy atom. The number of nitrogens with zero attached hydrogens (tertiary/aromatic N) is 3. The number of benzene rings is 1. The summed E-state index contributed by atoms with van der Waals surface area (Å²) in [6, 6.07) is 5.85. The van der Waals surface area contributed by atoms with Gasteiger partial charge in [-0.25, -0.2) is 12.8 Å². The Morgan fingerprint density at radius 2 is 2.09 bits per heavy atom. The summed E-state index contributed by atoms with van der Waals surface area (Å²) in [6.07, 6.45) is 4.67. The molecular weight excluding hydrogens is 455 g/mol. The van der Waals surface area contributed by atoms with E-state index in [4.69, 9.17) is 4.74 Å². The molecule has 1 aromatic carbocycles. The van der Waals surface area contributed by atoms with E-state index in [0.29, 0.717) is 23.9 Å². The first-order valence-electron chi connectivity index (χ1n) is 10.8. The maximum atomic E-state index is 13.9. The van der Waals surface area contributed by atoms with Crippen molar-refractivity contribution >= 4 is 27.5 Å². The minimum Gasteiger partial charge on any atom is -0.483 e. The van der Waals surface area contributed by atoms with E-state index in [1.807, 2.05) is 4.57 Å². The molecule has 0 bridgehead atoms. The van der Waals surface area contributed by atoms with E-state index in [1.54, 1.807) is 18.2 Å². The Labute approximate surface area is 192 Å². The highest BCUT2D eigenvalue weighted by Crippen LogP contribution is 2.21. The fraction of sp³-hybridized carbons (Fsp3) is 0.571. The molecule has 2 aromatic rings. The second kappa shape index (κ2) is 11.6. The van der Waals surface area contributed by atoms with Gasteiger partial charge in [-0.05, 0) is 25.0 Å². The number of carbonyl (C=O) groups excluding carboxylic acids is 1. The highest BCUT2D eigenvalue weighted by atomic mass is 32.2. The quantitative estimate of drug-likeness (QED) is 0.365. The lowest BCUT2D eigenvalue weighted by molar-refractivity contribution is -0.119. The number of rotatable bonds is 12. The van der Waals surface area contributed by atoms with Gasteiger partial charge in [-0.15, -0.1) is 10.2 Å². The molecule has 1 aliphatic heterocycles. The van der Waals surface area contributed by atoms with Gasteiger partial charge in [0.1, 0.15) is 6.61 Å². The van der Waals surface area contributed by atoms with Crippen molar-refractivity contribution in [2.24, 2.45) is 0 Å². The summed E-state index contributed by atoms with van der Waals surface area (Å²) in [6.45, 7) is 2.88.